The molecule has 0 aromatic carbocycles. The second kappa shape index (κ2) is 5.71. The van der Waals surface area contributed by atoms with E-state index in [1.807, 2.05) is 0 Å². The van der Waals surface area contributed by atoms with Crippen LogP contribution in [0.3, 0.4) is 0 Å². The summed E-state index contributed by atoms with van der Waals surface area (Å²) in [5.74, 6) is -1.54. The fourth-order valence-corrected chi connectivity index (χ4v) is 1.95. The number of aryl methyl sites for hydroxylation is 1. The van der Waals surface area contributed by atoms with Gasteiger partial charge in [0, 0.05) is 0 Å². The third kappa shape index (κ3) is 3.48. The highest BCUT2D eigenvalue weighted by molar-refractivity contribution is 7.13. The molecule has 0 aliphatic carbocycles. The van der Waals surface area contributed by atoms with Gasteiger partial charge in [0.1, 0.15) is 15.9 Å². The molecule has 0 aliphatic heterocycles. The van der Waals surface area contributed by atoms with Crippen LogP contribution in [0.4, 0.5) is 0 Å². The number of nitrogens with one attached hydrogen (secondary N) is 1. The Labute approximate surface area is 101 Å². The zero-order valence-corrected chi connectivity index (χ0v) is 9.95. The molecule has 1 amide bonds. The molecule has 0 aliphatic rings. The van der Waals surface area contributed by atoms with E-state index in [0.717, 1.165) is 11.3 Å². The van der Waals surface area contributed by atoms with E-state index >= 15 is 0 Å². The van der Waals surface area contributed by atoms with Crippen LogP contribution < -0.4 is 11.1 Å². The smallest absolute Gasteiger partial charge is 0.347 e. The van der Waals surface area contributed by atoms with Crippen LogP contribution in [-0.4, -0.2) is 39.7 Å². The van der Waals surface area contributed by atoms with Gasteiger partial charge in [-0.2, -0.15) is 0 Å². The van der Waals surface area contributed by atoms with Gasteiger partial charge in [-0.05, 0) is 6.92 Å². The SMILES string of the molecule is Cc1nc(CNC(=O)C(N)CO)sc1C(=O)O. The fourth-order valence-electron chi connectivity index (χ4n) is 1.10. The quantitative estimate of drug-likeness (QED) is 0.542. The topological polar surface area (TPSA) is 126 Å². The molecule has 17 heavy (non-hydrogen) atoms. The number of carbonyl (C=O) groups excluding carboxylic acids is 1. The largest absolute Gasteiger partial charge is 0.477 e. The van der Waals surface area contributed by atoms with Crippen LogP contribution in [0.5, 0.6) is 0 Å². The summed E-state index contributed by atoms with van der Waals surface area (Å²) in [7, 11) is 0. The van der Waals surface area contributed by atoms with Crippen molar-refractivity contribution >= 4 is 23.2 Å². The molecule has 0 spiro atoms. The minimum absolute atomic E-state index is 0.103. The summed E-state index contributed by atoms with van der Waals surface area (Å²) in [4.78, 5) is 26.2. The van der Waals surface area contributed by atoms with E-state index in [-0.39, 0.29) is 11.4 Å². The van der Waals surface area contributed by atoms with Crippen molar-refractivity contribution in [2.24, 2.45) is 5.73 Å². The summed E-state index contributed by atoms with van der Waals surface area (Å²) in [5, 5.41) is 20.4. The zero-order valence-electron chi connectivity index (χ0n) is 9.14. The number of aromatic carboxylic acids is 1. The first-order valence-corrected chi connectivity index (χ1v) is 5.61. The van der Waals surface area contributed by atoms with Crippen LogP contribution in [-0.2, 0) is 11.3 Å². The number of hydrogen-bond acceptors (Lipinski definition) is 6. The van der Waals surface area contributed by atoms with Gasteiger partial charge >= 0.3 is 5.97 Å². The second-order valence-corrected chi connectivity index (χ2v) is 4.42. The van der Waals surface area contributed by atoms with Gasteiger partial charge in [-0.1, -0.05) is 0 Å². The van der Waals surface area contributed by atoms with Crippen LogP contribution in [0.1, 0.15) is 20.4 Å². The lowest BCUT2D eigenvalue weighted by atomic mass is 10.3. The molecule has 0 fully saturated rings. The van der Waals surface area contributed by atoms with Crippen LogP contribution >= 0.6 is 11.3 Å². The molecular formula is C9H13N3O4S. The number of rotatable bonds is 5. The fraction of sp³-hybridized carbons (Fsp3) is 0.444. The Morgan fingerprint density at radius 3 is 2.71 bits per heavy atom. The maximum Gasteiger partial charge on any atom is 0.347 e. The molecule has 5 N–H and O–H groups in total. The van der Waals surface area contributed by atoms with Gasteiger partial charge in [0.15, 0.2) is 0 Å². The first-order valence-electron chi connectivity index (χ1n) is 4.79. The lowest BCUT2D eigenvalue weighted by Crippen LogP contribution is -2.42. The molecule has 0 radical (unpaired) electrons. The molecule has 1 rings (SSSR count). The third-order valence-corrected chi connectivity index (χ3v) is 3.13. The maximum atomic E-state index is 11.2. The number of nitrogens with zero attached hydrogens (tertiary/aromatic N) is 1. The van der Waals surface area contributed by atoms with E-state index in [1.165, 1.54) is 0 Å². The number of aromatic nitrogens is 1. The Kier molecular flexibility index (Phi) is 4.55. The summed E-state index contributed by atoms with van der Waals surface area (Å²) in [5.41, 5.74) is 5.71. The minimum atomic E-state index is -1.04. The number of carbonyl (C=O) groups is 2. The second-order valence-electron chi connectivity index (χ2n) is 3.33. The molecule has 1 heterocycles. The average molecular weight is 259 g/mol. The van der Waals surface area contributed by atoms with Crippen molar-refractivity contribution in [3.05, 3.63) is 15.6 Å². The van der Waals surface area contributed by atoms with E-state index in [9.17, 15) is 9.59 Å². The van der Waals surface area contributed by atoms with Gasteiger partial charge in [-0.15, -0.1) is 11.3 Å². The molecule has 0 bridgehead atoms. The average Bonchev–Trinajstić information content (AvgIpc) is 2.66. The van der Waals surface area contributed by atoms with Crippen molar-refractivity contribution in [2.45, 2.75) is 19.5 Å². The maximum absolute atomic E-state index is 11.2. The number of carboxylic acid groups (broad SMARTS) is 1. The molecule has 1 aromatic rings. The summed E-state index contributed by atoms with van der Waals surface area (Å²) < 4.78 is 0. The molecule has 1 atom stereocenters. The van der Waals surface area contributed by atoms with Crippen molar-refractivity contribution in [1.82, 2.24) is 10.3 Å². The third-order valence-electron chi connectivity index (χ3n) is 1.98. The summed E-state index contributed by atoms with van der Waals surface area (Å²) in [6, 6.07) is -0.977. The van der Waals surface area contributed by atoms with Crippen molar-refractivity contribution in [2.75, 3.05) is 6.61 Å². The van der Waals surface area contributed by atoms with Gasteiger partial charge in [-0.3, -0.25) is 4.79 Å². The van der Waals surface area contributed by atoms with Crippen LogP contribution in [0.2, 0.25) is 0 Å². The van der Waals surface area contributed by atoms with E-state index in [2.05, 4.69) is 10.3 Å². The Balaban J connectivity index is 2.61. The molecular weight excluding hydrogens is 246 g/mol. The first-order chi connectivity index (χ1) is 7.95. The number of hydrogen-bond donors (Lipinski definition) is 4. The summed E-state index contributed by atoms with van der Waals surface area (Å²) >= 11 is 1.00. The minimum Gasteiger partial charge on any atom is -0.477 e. The highest BCUT2D eigenvalue weighted by Crippen LogP contribution is 2.17. The highest BCUT2D eigenvalue weighted by Gasteiger charge is 2.16. The van der Waals surface area contributed by atoms with E-state index < -0.39 is 24.5 Å². The molecule has 8 heteroatoms. The van der Waals surface area contributed by atoms with Gasteiger partial charge in [0.05, 0.1) is 18.8 Å². The van der Waals surface area contributed by atoms with Crippen molar-refractivity contribution in [1.29, 1.82) is 0 Å². The first kappa shape index (κ1) is 13.6. The number of aliphatic hydroxyl groups excluding tert-OH is 1. The van der Waals surface area contributed by atoms with Crippen molar-refractivity contribution < 1.29 is 19.8 Å². The Morgan fingerprint density at radius 2 is 2.24 bits per heavy atom. The number of aliphatic hydroxyl groups is 1. The predicted octanol–water partition coefficient (Wildman–Crippen LogP) is -0.914. The van der Waals surface area contributed by atoms with Crippen LogP contribution in [0.15, 0.2) is 0 Å². The molecule has 1 unspecified atom stereocenters. The Morgan fingerprint density at radius 1 is 1.59 bits per heavy atom. The number of thiazole rings is 1. The number of amides is 1. The highest BCUT2D eigenvalue weighted by atomic mass is 32.1. The standard InChI is InChI=1S/C9H13N3O4S/c1-4-7(9(15)16)17-6(12-4)2-11-8(14)5(10)3-13/h5,13H,2-3,10H2,1H3,(H,11,14)(H,15,16). The van der Waals surface area contributed by atoms with Crippen LogP contribution in [0, 0.1) is 6.92 Å². The molecule has 0 saturated carbocycles. The lowest BCUT2D eigenvalue weighted by Gasteiger charge is -2.07. The molecule has 7 nitrogen and oxygen atoms in total. The monoisotopic (exact) mass is 259 g/mol. The van der Waals surface area contributed by atoms with E-state index in [1.54, 1.807) is 6.92 Å². The Hall–Kier alpha value is -1.51. The van der Waals surface area contributed by atoms with Crippen molar-refractivity contribution in [3.8, 4) is 0 Å². The molecule has 1 aromatic heterocycles. The lowest BCUT2D eigenvalue weighted by molar-refractivity contribution is -0.123. The normalized spacial score (nSPS) is 12.2. The predicted molar refractivity (Wildman–Crippen MR) is 60.7 cm³/mol. The molecule has 0 saturated heterocycles. The van der Waals surface area contributed by atoms with Gasteiger partial charge in [0.25, 0.3) is 0 Å². The van der Waals surface area contributed by atoms with Crippen LogP contribution in [0.25, 0.3) is 0 Å². The van der Waals surface area contributed by atoms with E-state index in [0.29, 0.717) is 10.7 Å². The van der Waals surface area contributed by atoms with Gasteiger partial charge in [0.2, 0.25) is 5.91 Å². The molecule has 94 valence electrons. The number of nitrogens with two attached hydrogens (primary N) is 1. The Bertz CT molecular complexity index is 432. The summed E-state index contributed by atoms with van der Waals surface area (Å²) in [6.07, 6.45) is 0. The van der Waals surface area contributed by atoms with Crippen molar-refractivity contribution in [3.63, 3.8) is 0 Å². The van der Waals surface area contributed by atoms with Gasteiger partial charge in [-0.25, -0.2) is 9.78 Å². The van der Waals surface area contributed by atoms with E-state index in [4.69, 9.17) is 15.9 Å². The van der Waals surface area contributed by atoms with Gasteiger partial charge < -0.3 is 21.3 Å². The zero-order chi connectivity index (χ0) is 13.0. The number of carboxylic acids is 1. The summed E-state index contributed by atoms with van der Waals surface area (Å²) in [6.45, 7) is 1.25.